The number of nitrogens with zero attached hydrogens (tertiary/aromatic N) is 1. The number of benzene rings is 3. The van der Waals surface area contributed by atoms with Gasteiger partial charge >= 0.3 is 0 Å². The Bertz CT molecular complexity index is 1160. The van der Waals surface area contributed by atoms with Crippen molar-refractivity contribution >= 4 is 43.8 Å². The van der Waals surface area contributed by atoms with E-state index in [1.807, 2.05) is 0 Å². The molecule has 0 saturated carbocycles. The van der Waals surface area contributed by atoms with Crippen LogP contribution in [0.1, 0.15) is 6.92 Å². The van der Waals surface area contributed by atoms with Gasteiger partial charge in [-0.3, -0.25) is 19.6 Å². The second-order valence-corrected chi connectivity index (χ2v) is 7.40. The number of non-ortho nitro benzene ring substituents is 1. The Labute approximate surface area is 155 Å². The fourth-order valence-corrected chi connectivity index (χ4v) is 3.98. The highest BCUT2D eigenvalue weighted by atomic mass is 32.2. The minimum absolute atomic E-state index is 0.00120. The number of nitro groups is 1. The van der Waals surface area contributed by atoms with Gasteiger partial charge in [-0.1, -0.05) is 30.3 Å². The molecule has 8 nitrogen and oxygen atoms in total. The van der Waals surface area contributed by atoms with E-state index < -0.39 is 14.9 Å². The molecule has 3 aromatic carbocycles. The second-order valence-electron chi connectivity index (χ2n) is 5.75. The number of amides is 1. The Kier molecular flexibility index (Phi) is 4.78. The first kappa shape index (κ1) is 18.3. The molecule has 0 spiro atoms. The van der Waals surface area contributed by atoms with Crippen molar-refractivity contribution in [2.75, 3.05) is 10.0 Å². The summed E-state index contributed by atoms with van der Waals surface area (Å²) in [7, 11) is -4.01. The molecule has 0 aromatic heterocycles. The normalized spacial score (nSPS) is 11.1. The van der Waals surface area contributed by atoms with E-state index >= 15 is 0 Å². The number of rotatable bonds is 5. The van der Waals surface area contributed by atoms with Crippen LogP contribution in [-0.4, -0.2) is 19.2 Å². The molecule has 0 saturated heterocycles. The topological polar surface area (TPSA) is 118 Å². The van der Waals surface area contributed by atoms with Gasteiger partial charge in [-0.15, -0.1) is 0 Å². The van der Waals surface area contributed by atoms with Gasteiger partial charge in [0.05, 0.1) is 15.5 Å². The van der Waals surface area contributed by atoms with Gasteiger partial charge < -0.3 is 5.32 Å². The number of hydrogen-bond donors (Lipinski definition) is 2. The smallest absolute Gasteiger partial charge is 0.271 e. The molecule has 0 bridgehead atoms. The van der Waals surface area contributed by atoms with Crippen LogP contribution in [0, 0.1) is 10.1 Å². The molecule has 0 radical (unpaired) electrons. The van der Waals surface area contributed by atoms with Gasteiger partial charge in [-0.25, -0.2) is 8.42 Å². The molecule has 0 fully saturated rings. The molecule has 1 amide bonds. The average Bonchev–Trinajstić information content (AvgIpc) is 2.61. The van der Waals surface area contributed by atoms with Gasteiger partial charge in [0.15, 0.2) is 0 Å². The highest BCUT2D eigenvalue weighted by molar-refractivity contribution is 7.93. The molecule has 0 atom stereocenters. The van der Waals surface area contributed by atoms with Crippen LogP contribution in [0.5, 0.6) is 0 Å². The molecular formula is C18H15N3O5S. The van der Waals surface area contributed by atoms with E-state index in [1.54, 1.807) is 30.3 Å². The SMILES string of the molecule is CC(=O)Nc1cccc2c(S(=O)(=O)Nc3cccc([N+](=O)[O-])c3)cccc12. The molecule has 0 aliphatic heterocycles. The number of nitrogens with one attached hydrogen (secondary N) is 2. The minimum Gasteiger partial charge on any atom is -0.326 e. The summed E-state index contributed by atoms with van der Waals surface area (Å²) in [6.07, 6.45) is 0. The Balaban J connectivity index is 2.07. The van der Waals surface area contributed by atoms with Crippen LogP contribution in [0.3, 0.4) is 0 Å². The van der Waals surface area contributed by atoms with E-state index in [4.69, 9.17) is 0 Å². The molecule has 0 unspecified atom stereocenters. The first-order chi connectivity index (χ1) is 12.8. The maximum absolute atomic E-state index is 12.9. The fraction of sp³-hybridized carbons (Fsp3) is 0.0556. The maximum atomic E-state index is 12.9. The lowest BCUT2D eigenvalue weighted by atomic mass is 10.1. The standard InChI is InChI=1S/C18H15N3O5S/c1-12(22)19-17-9-3-8-16-15(17)7-4-10-18(16)27(25,26)20-13-5-2-6-14(11-13)21(23)24/h2-11,20H,1H3,(H,19,22). The Morgan fingerprint density at radius 3 is 2.37 bits per heavy atom. The van der Waals surface area contributed by atoms with E-state index in [-0.39, 0.29) is 22.2 Å². The predicted octanol–water partition coefficient (Wildman–Crippen LogP) is 3.51. The highest BCUT2D eigenvalue weighted by Gasteiger charge is 2.19. The minimum atomic E-state index is -4.01. The number of nitro benzene ring substituents is 1. The predicted molar refractivity (Wildman–Crippen MR) is 102 cm³/mol. The Hall–Kier alpha value is -3.46. The van der Waals surface area contributed by atoms with Gasteiger partial charge in [-0.2, -0.15) is 0 Å². The van der Waals surface area contributed by atoms with Crippen LogP contribution in [0.4, 0.5) is 17.1 Å². The summed E-state index contributed by atoms with van der Waals surface area (Å²) >= 11 is 0. The number of anilines is 2. The zero-order chi connectivity index (χ0) is 19.6. The third kappa shape index (κ3) is 3.87. The lowest BCUT2D eigenvalue weighted by Gasteiger charge is -2.13. The van der Waals surface area contributed by atoms with Gasteiger partial charge in [0.25, 0.3) is 15.7 Å². The van der Waals surface area contributed by atoms with Gasteiger partial charge in [0.2, 0.25) is 5.91 Å². The zero-order valence-corrected chi connectivity index (χ0v) is 15.0. The van der Waals surface area contributed by atoms with E-state index in [1.165, 1.54) is 31.2 Å². The first-order valence-corrected chi connectivity index (χ1v) is 9.33. The summed E-state index contributed by atoms with van der Waals surface area (Å²) < 4.78 is 28.1. The number of carbonyl (C=O) groups is 1. The number of sulfonamides is 1. The van der Waals surface area contributed by atoms with Crippen LogP contribution in [0.2, 0.25) is 0 Å². The lowest BCUT2D eigenvalue weighted by Crippen LogP contribution is -2.14. The quantitative estimate of drug-likeness (QED) is 0.515. The zero-order valence-electron chi connectivity index (χ0n) is 14.2. The van der Waals surface area contributed by atoms with Crippen molar-refractivity contribution in [3.05, 3.63) is 70.8 Å². The van der Waals surface area contributed by atoms with Gasteiger partial charge in [0.1, 0.15) is 0 Å². The van der Waals surface area contributed by atoms with Crippen LogP contribution in [-0.2, 0) is 14.8 Å². The summed E-state index contributed by atoms with van der Waals surface area (Å²) in [4.78, 5) is 21.7. The molecule has 3 rings (SSSR count). The summed E-state index contributed by atoms with van der Waals surface area (Å²) in [5, 5.41) is 14.5. The summed E-state index contributed by atoms with van der Waals surface area (Å²) in [5.74, 6) is -0.273. The van der Waals surface area contributed by atoms with Crippen LogP contribution in [0.15, 0.2) is 65.6 Å². The monoisotopic (exact) mass is 385 g/mol. The fourth-order valence-electron chi connectivity index (χ4n) is 2.71. The van der Waals surface area contributed by atoms with Crippen molar-refractivity contribution in [2.45, 2.75) is 11.8 Å². The van der Waals surface area contributed by atoms with Crippen molar-refractivity contribution in [1.29, 1.82) is 0 Å². The largest absolute Gasteiger partial charge is 0.326 e. The number of hydrogen-bond acceptors (Lipinski definition) is 5. The van der Waals surface area contributed by atoms with Crippen molar-refractivity contribution in [2.24, 2.45) is 0 Å². The first-order valence-electron chi connectivity index (χ1n) is 7.84. The van der Waals surface area contributed by atoms with E-state index in [2.05, 4.69) is 10.0 Å². The van der Waals surface area contributed by atoms with Crippen LogP contribution >= 0.6 is 0 Å². The van der Waals surface area contributed by atoms with E-state index in [0.717, 1.165) is 6.07 Å². The van der Waals surface area contributed by atoms with E-state index in [9.17, 15) is 23.3 Å². The second kappa shape index (κ2) is 7.04. The Morgan fingerprint density at radius 1 is 1.00 bits per heavy atom. The van der Waals surface area contributed by atoms with Crippen molar-refractivity contribution in [3.63, 3.8) is 0 Å². The van der Waals surface area contributed by atoms with Gasteiger partial charge in [0, 0.05) is 35.5 Å². The molecule has 0 aliphatic rings. The summed E-state index contributed by atoms with van der Waals surface area (Å²) in [6, 6.07) is 14.9. The summed E-state index contributed by atoms with van der Waals surface area (Å²) in [5.41, 5.74) is 0.354. The molecule has 3 aromatic rings. The van der Waals surface area contributed by atoms with Crippen molar-refractivity contribution in [1.82, 2.24) is 0 Å². The number of fused-ring (bicyclic) bond motifs is 1. The molecule has 138 valence electrons. The molecule has 2 N–H and O–H groups in total. The van der Waals surface area contributed by atoms with Crippen molar-refractivity contribution < 1.29 is 18.1 Å². The maximum Gasteiger partial charge on any atom is 0.271 e. The molecule has 27 heavy (non-hydrogen) atoms. The van der Waals surface area contributed by atoms with E-state index in [0.29, 0.717) is 16.5 Å². The molecular weight excluding hydrogens is 370 g/mol. The number of carbonyl (C=O) groups excluding carboxylic acids is 1. The third-order valence-corrected chi connectivity index (χ3v) is 5.23. The Morgan fingerprint density at radius 2 is 1.67 bits per heavy atom. The average molecular weight is 385 g/mol. The van der Waals surface area contributed by atoms with Crippen molar-refractivity contribution in [3.8, 4) is 0 Å². The van der Waals surface area contributed by atoms with Crippen LogP contribution in [0.25, 0.3) is 10.8 Å². The van der Waals surface area contributed by atoms with Crippen LogP contribution < -0.4 is 10.0 Å². The third-order valence-electron chi connectivity index (χ3n) is 3.79. The molecule has 0 aliphatic carbocycles. The highest BCUT2D eigenvalue weighted by Crippen LogP contribution is 2.30. The molecule has 9 heteroatoms. The lowest BCUT2D eigenvalue weighted by molar-refractivity contribution is -0.384. The van der Waals surface area contributed by atoms with Gasteiger partial charge in [-0.05, 0) is 18.2 Å². The summed E-state index contributed by atoms with van der Waals surface area (Å²) in [6.45, 7) is 1.36. The molecule has 0 heterocycles.